The first-order chi connectivity index (χ1) is 8.76. The fourth-order valence-corrected chi connectivity index (χ4v) is 2.27. The van der Waals surface area contributed by atoms with Gasteiger partial charge >= 0.3 is 5.97 Å². The minimum Gasteiger partial charge on any atom is -0.479 e. The number of nitrogens with one attached hydrogen (secondary N) is 1. The molecule has 0 aliphatic carbocycles. The Hall–Kier alpha value is -0.770. The summed E-state index contributed by atoms with van der Waals surface area (Å²) in [6, 6.07) is -0.747. The predicted octanol–water partition coefficient (Wildman–Crippen LogP) is -2.72. The minimum atomic E-state index is -1.66. The summed E-state index contributed by atoms with van der Waals surface area (Å²) in [4.78, 5) is 11.2. The normalized spacial score (nSPS) is 38.7. The van der Waals surface area contributed by atoms with Crippen LogP contribution in [-0.2, 0) is 9.53 Å². The van der Waals surface area contributed by atoms with Gasteiger partial charge in [0.25, 0.3) is 0 Å². The average Bonchev–Trinajstić information content (AvgIpc) is 2.36. The third-order valence-corrected chi connectivity index (χ3v) is 3.47. The van der Waals surface area contributed by atoms with Crippen molar-refractivity contribution in [3.8, 4) is 0 Å². The molecule has 6 N–H and O–H groups in total. The quantitative estimate of drug-likeness (QED) is 0.319. The SMILES string of the molecule is CN[C@@H]1C(O)C[C@](C)(C(=O)O)OC1C(O)C(O)CO. The van der Waals surface area contributed by atoms with Gasteiger partial charge in [-0.05, 0) is 14.0 Å². The van der Waals surface area contributed by atoms with Crippen LogP contribution >= 0.6 is 0 Å². The maximum atomic E-state index is 11.2. The second-order valence-electron chi connectivity index (χ2n) is 4.94. The number of ether oxygens (including phenoxy) is 1. The summed E-state index contributed by atoms with van der Waals surface area (Å²) < 4.78 is 5.35. The molecule has 4 unspecified atom stereocenters. The summed E-state index contributed by atoms with van der Waals surface area (Å²) in [6.45, 7) is 0.590. The van der Waals surface area contributed by atoms with E-state index in [1.807, 2.05) is 0 Å². The standard InChI is InChI=1S/C11H21NO7/c1-11(10(17)18)3-5(14)7(12-2)9(19-11)8(16)6(15)4-13/h5-9,12-16H,3-4H2,1-2H3,(H,17,18)/t5?,6?,7-,8?,9?,11-/m1/s1. The van der Waals surface area contributed by atoms with Crippen molar-refractivity contribution in [2.24, 2.45) is 0 Å². The van der Waals surface area contributed by atoms with Gasteiger partial charge in [-0.25, -0.2) is 4.79 Å². The first kappa shape index (κ1) is 16.3. The summed E-state index contributed by atoms with van der Waals surface area (Å²) >= 11 is 0. The number of carboxylic acids is 1. The van der Waals surface area contributed by atoms with Crippen LogP contribution in [0, 0.1) is 0 Å². The van der Waals surface area contributed by atoms with E-state index in [2.05, 4.69) is 5.32 Å². The second-order valence-corrected chi connectivity index (χ2v) is 4.94. The zero-order valence-electron chi connectivity index (χ0n) is 10.9. The van der Waals surface area contributed by atoms with Crippen molar-refractivity contribution in [2.45, 2.75) is 49.4 Å². The molecule has 0 amide bonds. The summed E-state index contributed by atoms with van der Waals surface area (Å²) in [5, 5.41) is 50.0. The van der Waals surface area contributed by atoms with E-state index in [-0.39, 0.29) is 6.42 Å². The number of hydrogen-bond acceptors (Lipinski definition) is 7. The van der Waals surface area contributed by atoms with E-state index in [1.54, 1.807) is 0 Å². The van der Waals surface area contributed by atoms with Crippen molar-refractivity contribution in [2.75, 3.05) is 13.7 Å². The molecule has 0 radical (unpaired) electrons. The van der Waals surface area contributed by atoms with Gasteiger partial charge in [0, 0.05) is 6.42 Å². The second kappa shape index (κ2) is 6.12. The van der Waals surface area contributed by atoms with Crippen molar-refractivity contribution in [3.05, 3.63) is 0 Å². The lowest BCUT2D eigenvalue weighted by Gasteiger charge is -2.45. The van der Waals surface area contributed by atoms with Crippen LogP contribution in [0.2, 0.25) is 0 Å². The lowest BCUT2D eigenvalue weighted by molar-refractivity contribution is -0.224. The molecule has 1 aliphatic rings. The van der Waals surface area contributed by atoms with E-state index < -0.39 is 48.6 Å². The van der Waals surface area contributed by atoms with Gasteiger partial charge in [-0.3, -0.25) is 0 Å². The monoisotopic (exact) mass is 279 g/mol. The minimum absolute atomic E-state index is 0.147. The zero-order valence-corrected chi connectivity index (χ0v) is 10.9. The fourth-order valence-electron chi connectivity index (χ4n) is 2.27. The van der Waals surface area contributed by atoms with Crippen molar-refractivity contribution >= 4 is 5.97 Å². The molecule has 8 nitrogen and oxygen atoms in total. The Morgan fingerprint density at radius 2 is 2.11 bits per heavy atom. The van der Waals surface area contributed by atoms with Crippen LogP contribution in [0.4, 0.5) is 0 Å². The molecule has 0 saturated carbocycles. The summed E-state index contributed by atoms with van der Waals surface area (Å²) in [5.74, 6) is -1.27. The average molecular weight is 279 g/mol. The Kier molecular flexibility index (Phi) is 5.25. The van der Waals surface area contributed by atoms with Crippen LogP contribution in [0.15, 0.2) is 0 Å². The molecule has 0 aromatic heterocycles. The van der Waals surface area contributed by atoms with Crippen LogP contribution < -0.4 is 5.32 Å². The predicted molar refractivity (Wildman–Crippen MR) is 63.5 cm³/mol. The lowest BCUT2D eigenvalue weighted by Crippen LogP contribution is -2.65. The van der Waals surface area contributed by atoms with Gasteiger partial charge in [0.15, 0.2) is 5.60 Å². The Bertz CT molecular complexity index is 326. The topological polar surface area (TPSA) is 139 Å². The summed E-state index contributed by atoms with van der Waals surface area (Å²) in [7, 11) is 1.52. The van der Waals surface area contributed by atoms with Gasteiger partial charge in [0.05, 0.1) is 18.8 Å². The lowest BCUT2D eigenvalue weighted by atomic mass is 9.85. The molecule has 0 spiro atoms. The van der Waals surface area contributed by atoms with E-state index in [9.17, 15) is 20.1 Å². The molecule has 1 saturated heterocycles. The molecule has 0 bridgehead atoms. The van der Waals surface area contributed by atoms with Crippen molar-refractivity contribution in [1.29, 1.82) is 0 Å². The third-order valence-electron chi connectivity index (χ3n) is 3.47. The van der Waals surface area contributed by atoms with Crippen molar-refractivity contribution < 1.29 is 35.1 Å². The van der Waals surface area contributed by atoms with E-state index in [4.69, 9.17) is 14.9 Å². The number of rotatable bonds is 5. The van der Waals surface area contributed by atoms with Gasteiger partial charge in [-0.1, -0.05) is 0 Å². The highest BCUT2D eigenvalue weighted by molar-refractivity contribution is 5.77. The zero-order chi connectivity index (χ0) is 14.8. The molecule has 19 heavy (non-hydrogen) atoms. The number of carbonyl (C=O) groups is 1. The molecule has 8 heteroatoms. The number of likely N-dealkylation sites (N-methyl/N-ethyl adjacent to an activating group) is 1. The number of carboxylic acid groups (broad SMARTS) is 1. The summed E-state index contributed by atoms with van der Waals surface area (Å²) in [5.41, 5.74) is -1.66. The maximum absolute atomic E-state index is 11.2. The van der Waals surface area contributed by atoms with E-state index >= 15 is 0 Å². The van der Waals surface area contributed by atoms with Gasteiger partial charge in [0.1, 0.15) is 18.3 Å². The molecular weight excluding hydrogens is 258 g/mol. The Morgan fingerprint density at radius 1 is 1.53 bits per heavy atom. The third kappa shape index (κ3) is 3.22. The van der Waals surface area contributed by atoms with Gasteiger partial charge < -0.3 is 35.6 Å². The first-order valence-electron chi connectivity index (χ1n) is 6.00. The summed E-state index contributed by atoms with van der Waals surface area (Å²) in [6.07, 6.45) is -5.37. The Balaban J connectivity index is 2.99. The maximum Gasteiger partial charge on any atom is 0.335 e. The molecule has 0 aromatic rings. The fraction of sp³-hybridized carbons (Fsp3) is 0.909. The smallest absolute Gasteiger partial charge is 0.335 e. The van der Waals surface area contributed by atoms with Crippen LogP contribution in [-0.4, -0.2) is 81.2 Å². The van der Waals surface area contributed by atoms with Crippen LogP contribution in [0.25, 0.3) is 0 Å². The highest BCUT2D eigenvalue weighted by atomic mass is 16.6. The van der Waals surface area contributed by atoms with Crippen LogP contribution in [0.3, 0.4) is 0 Å². The largest absolute Gasteiger partial charge is 0.479 e. The first-order valence-corrected chi connectivity index (χ1v) is 6.00. The molecule has 112 valence electrons. The van der Waals surface area contributed by atoms with Gasteiger partial charge in [-0.15, -0.1) is 0 Å². The highest BCUT2D eigenvalue weighted by Crippen LogP contribution is 2.31. The number of aliphatic hydroxyl groups excluding tert-OH is 4. The number of aliphatic hydroxyl groups is 4. The van der Waals surface area contributed by atoms with Crippen LogP contribution in [0.5, 0.6) is 0 Å². The van der Waals surface area contributed by atoms with Gasteiger partial charge in [-0.2, -0.15) is 0 Å². The molecule has 1 rings (SSSR count). The Morgan fingerprint density at radius 3 is 2.53 bits per heavy atom. The van der Waals surface area contributed by atoms with Gasteiger partial charge in [0.2, 0.25) is 0 Å². The van der Waals surface area contributed by atoms with Crippen molar-refractivity contribution in [3.63, 3.8) is 0 Å². The number of hydrogen-bond donors (Lipinski definition) is 6. The van der Waals surface area contributed by atoms with E-state index in [0.29, 0.717) is 0 Å². The molecule has 1 aliphatic heterocycles. The molecule has 1 heterocycles. The molecule has 6 atom stereocenters. The molecule has 0 aromatic carbocycles. The van der Waals surface area contributed by atoms with Crippen LogP contribution in [0.1, 0.15) is 13.3 Å². The Labute approximate surface area is 110 Å². The number of aliphatic carboxylic acids is 1. The van der Waals surface area contributed by atoms with E-state index in [0.717, 1.165) is 0 Å². The molecular formula is C11H21NO7. The van der Waals surface area contributed by atoms with E-state index in [1.165, 1.54) is 14.0 Å². The van der Waals surface area contributed by atoms with Crippen molar-refractivity contribution in [1.82, 2.24) is 5.32 Å². The highest BCUT2D eigenvalue weighted by Gasteiger charge is 2.51. The molecule has 1 fully saturated rings.